The Bertz CT molecular complexity index is 928. The van der Waals surface area contributed by atoms with Crippen LogP contribution < -0.4 is 4.74 Å². The van der Waals surface area contributed by atoms with Crippen molar-refractivity contribution in [1.29, 1.82) is 0 Å². The Balaban J connectivity index is 1.88. The first kappa shape index (κ1) is 19.8. The van der Waals surface area contributed by atoms with Crippen molar-refractivity contribution in [3.63, 3.8) is 0 Å². The maximum absolute atomic E-state index is 14.2. The Morgan fingerprint density at radius 3 is 2.57 bits per heavy atom. The monoisotopic (exact) mass is 405 g/mol. The fraction of sp³-hybridized carbons (Fsp3) is 0.375. The lowest BCUT2D eigenvalue weighted by Crippen LogP contribution is -2.43. The molecule has 2 heterocycles. The predicted octanol–water partition coefficient (Wildman–Crippen LogP) is 3.97. The second-order valence-electron chi connectivity index (χ2n) is 6.13. The topological polar surface area (TPSA) is 65.2 Å². The molecule has 1 aliphatic rings. The van der Waals surface area contributed by atoms with E-state index in [0.717, 1.165) is 18.5 Å². The van der Waals surface area contributed by atoms with E-state index in [9.17, 15) is 26.3 Å². The van der Waals surface area contributed by atoms with Gasteiger partial charge in [0.15, 0.2) is 5.82 Å². The summed E-state index contributed by atoms with van der Waals surface area (Å²) in [5.74, 6) is -5.66. The van der Waals surface area contributed by atoms with Gasteiger partial charge in [-0.1, -0.05) is 0 Å². The Hall–Kier alpha value is -2.92. The fourth-order valence-corrected chi connectivity index (χ4v) is 2.55. The highest BCUT2D eigenvalue weighted by atomic mass is 19.4. The first-order chi connectivity index (χ1) is 13.0. The van der Waals surface area contributed by atoms with Gasteiger partial charge in [-0.15, -0.1) is 10.2 Å². The number of ether oxygens (including phenoxy) is 1. The minimum atomic E-state index is -4.77. The lowest BCUT2D eigenvalue weighted by Gasteiger charge is -2.34. The van der Waals surface area contributed by atoms with E-state index in [4.69, 9.17) is 4.74 Å². The van der Waals surface area contributed by atoms with Gasteiger partial charge in [0.2, 0.25) is 5.82 Å². The van der Waals surface area contributed by atoms with Crippen LogP contribution in [0.3, 0.4) is 0 Å². The summed E-state index contributed by atoms with van der Waals surface area (Å²) in [4.78, 5) is 7.30. The van der Waals surface area contributed by atoms with Gasteiger partial charge in [0.1, 0.15) is 11.9 Å². The lowest BCUT2D eigenvalue weighted by molar-refractivity contribution is -0.146. The SMILES string of the molecule is C=N/C(=C\n1c(C)nnc1C(F)(F)F)c1cnc(OC2CC(F)(F)C2)c(F)c1. The Morgan fingerprint density at radius 1 is 1.36 bits per heavy atom. The van der Waals surface area contributed by atoms with E-state index >= 15 is 0 Å². The van der Waals surface area contributed by atoms with Gasteiger partial charge in [-0.2, -0.15) is 13.2 Å². The van der Waals surface area contributed by atoms with Crippen molar-refractivity contribution < 1.29 is 31.1 Å². The third-order valence-electron chi connectivity index (χ3n) is 3.98. The van der Waals surface area contributed by atoms with Crippen molar-refractivity contribution in [3.05, 3.63) is 35.3 Å². The molecule has 0 atom stereocenters. The molecule has 1 saturated carbocycles. The summed E-state index contributed by atoms with van der Waals surface area (Å²) in [6, 6.07) is 0.909. The van der Waals surface area contributed by atoms with Gasteiger partial charge in [0.25, 0.3) is 11.8 Å². The second kappa shape index (κ2) is 6.91. The number of rotatable bonds is 5. The molecule has 150 valence electrons. The summed E-state index contributed by atoms with van der Waals surface area (Å²) in [5.41, 5.74) is -0.137. The second-order valence-corrected chi connectivity index (χ2v) is 6.13. The summed E-state index contributed by atoms with van der Waals surface area (Å²) >= 11 is 0. The van der Waals surface area contributed by atoms with Crippen LogP contribution in [0.2, 0.25) is 0 Å². The number of aryl methyl sites for hydroxylation is 1. The summed E-state index contributed by atoms with van der Waals surface area (Å²) in [6.45, 7) is 4.56. The Morgan fingerprint density at radius 2 is 2.04 bits per heavy atom. The van der Waals surface area contributed by atoms with Crippen LogP contribution in [0.5, 0.6) is 5.88 Å². The summed E-state index contributed by atoms with van der Waals surface area (Å²) in [5, 5.41) is 6.44. The van der Waals surface area contributed by atoms with Crippen LogP contribution in [0.25, 0.3) is 11.9 Å². The minimum Gasteiger partial charge on any atom is -0.472 e. The number of hydrogen-bond donors (Lipinski definition) is 0. The zero-order chi connectivity index (χ0) is 20.7. The van der Waals surface area contributed by atoms with Crippen LogP contribution >= 0.6 is 0 Å². The summed E-state index contributed by atoms with van der Waals surface area (Å²) < 4.78 is 84.6. The van der Waals surface area contributed by atoms with E-state index in [1.165, 1.54) is 6.92 Å². The van der Waals surface area contributed by atoms with E-state index in [0.29, 0.717) is 4.57 Å². The van der Waals surface area contributed by atoms with Gasteiger partial charge in [-0.25, -0.2) is 18.2 Å². The molecule has 0 saturated heterocycles. The molecular weight excluding hydrogens is 392 g/mol. The molecule has 0 aliphatic heterocycles. The van der Waals surface area contributed by atoms with Crippen LogP contribution in [0.15, 0.2) is 17.3 Å². The lowest BCUT2D eigenvalue weighted by atomic mass is 9.91. The third-order valence-corrected chi connectivity index (χ3v) is 3.98. The molecule has 0 N–H and O–H groups in total. The fourth-order valence-electron chi connectivity index (χ4n) is 2.55. The van der Waals surface area contributed by atoms with Crippen LogP contribution in [0, 0.1) is 12.7 Å². The highest BCUT2D eigenvalue weighted by molar-refractivity contribution is 5.77. The molecule has 0 unspecified atom stereocenters. The molecule has 2 aromatic heterocycles. The van der Waals surface area contributed by atoms with Crippen molar-refractivity contribution in [2.75, 3.05) is 0 Å². The first-order valence-electron chi connectivity index (χ1n) is 7.88. The van der Waals surface area contributed by atoms with Crippen LogP contribution in [0.4, 0.5) is 26.3 Å². The van der Waals surface area contributed by atoms with Gasteiger partial charge in [-0.05, 0) is 19.7 Å². The smallest absolute Gasteiger partial charge is 0.452 e. The highest BCUT2D eigenvalue weighted by Crippen LogP contribution is 2.40. The Labute approximate surface area is 154 Å². The maximum atomic E-state index is 14.2. The molecule has 6 nitrogen and oxygen atoms in total. The molecule has 3 rings (SSSR count). The molecule has 2 aromatic rings. The number of hydrogen-bond acceptors (Lipinski definition) is 5. The van der Waals surface area contributed by atoms with Gasteiger partial charge >= 0.3 is 6.18 Å². The minimum absolute atomic E-state index is 0.0000128. The van der Waals surface area contributed by atoms with Crippen molar-refractivity contribution in [3.8, 4) is 5.88 Å². The average molecular weight is 405 g/mol. The number of alkyl halides is 5. The van der Waals surface area contributed by atoms with Gasteiger partial charge < -0.3 is 4.74 Å². The zero-order valence-corrected chi connectivity index (χ0v) is 14.3. The first-order valence-corrected chi connectivity index (χ1v) is 7.88. The van der Waals surface area contributed by atoms with Gasteiger partial charge in [-0.3, -0.25) is 9.56 Å². The maximum Gasteiger partial charge on any atom is 0.452 e. The molecular formula is C16H13F6N5O. The largest absolute Gasteiger partial charge is 0.472 e. The molecule has 28 heavy (non-hydrogen) atoms. The van der Waals surface area contributed by atoms with E-state index in [1.807, 2.05) is 0 Å². The molecule has 1 fully saturated rings. The molecule has 0 bridgehead atoms. The molecule has 0 aromatic carbocycles. The summed E-state index contributed by atoms with van der Waals surface area (Å²) in [6.07, 6.45) is -4.68. The molecule has 0 amide bonds. The van der Waals surface area contributed by atoms with Crippen molar-refractivity contribution in [1.82, 2.24) is 19.7 Å². The number of nitrogens with zero attached hydrogens (tertiary/aromatic N) is 5. The molecule has 12 heteroatoms. The number of aliphatic imine (C=N–C) groups is 1. The number of pyridine rings is 1. The average Bonchev–Trinajstić information content (AvgIpc) is 2.93. The quantitative estimate of drug-likeness (QED) is 0.558. The standard InChI is InChI=1S/C16H13F6N5O/c1-8-25-26-14(16(20,21)22)27(8)7-12(23-2)9-3-11(17)13(24-6-9)28-10-4-15(18,19)5-10/h3,6-7,10H,2,4-5H2,1H3/b12-7-. The van der Waals surface area contributed by atoms with Crippen molar-refractivity contribution in [2.24, 2.45) is 4.99 Å². The molecule has 1 aliphatic carbocycles. The van der Waals surface area contributed by atoms with E-state index in [1.54, 1.807) is 0 Å². The van der Waals surface area contributed by atoms with Gasteiger partial charge in [0.05, 0.1) is 5.70 Å². The highest BCUT2D eigenvalue weighted by Gasteiger charge is 2.47. The van der Waals surface area contributed by atoms with Crippen molar-refractivity contribution in [2.45, 2.75) is 38.0 Å². The van der Waals surface area contributed by atoms with Crippen LogP contribution in [-0.2, 0) is 6.18 Å². The van der Waals surface area contributed by atoms with Crippen LogP contribution in [-0.4, -0.2) is 38.5 Å². The summed E-state index contributed by atoms with van der Waals surface area (Å²) in [7, 11) is 0. The number of aromatic nitrogens is 4. The third kappa shape index (κ3) is 3.99. The van der Waals surface area contributed by atoms with E-state index in [-0.39, 0.29) is 17.1 Å². The Kier molecular flexibility index (Phi) is 4.90. The normalized spacial score (nSPS) is 17.3. The zero-order valence-electron chi connectivity index (χ0n) is 14.3. The van der Waals surface area contributed by atoms with E-state index in [2.05, 4.69) is 26.9 Å². The predicted molar refractivity (Wildman–Crippen MR) is 86.3 cm³/mol. The van der Waals surface area contributed by atoms with Crippen LogP contribution in [0.1, 0.15) is 30.1 Å². The van der Waals surface area contributed by atoms with E-state index < -0.39 is 48.6 Å². The number of halogens is 6. The van der Waals surface area contributed by atoms with Gasteiger partial charge in [0, 0.05) is 30.8 Å². The molecule has 0 spiro atoms. The van der Waals surface area contributed by atoms with Crippen molar-refractivity contribution >= 4 is 18.6 Å². The molecule has 0 radical (unpaired) electrons.